The fraction of sp³-hybridized carbons (Fsp3) is 0.308. The molecule has 0 aliphatic rings. The van der Waals surface area contributed by atoms with E-state index >= 15 is 0 Å². The Bertz CT molecular complexity index is 667. The van der Waals surface area contributed by atoms with Gasteiger partial charge in [-0.3, -0.25) is 4.79 Å². The molecule has 0 amide bonds. The van der Waals surface area contributed by atoms with Crippen molar-refractivity contribution in [2.45, 2.75) is 11.8 Å². The molecule has 5 nitrogen and oxygen atoms in total. The van der Waals surface area contributed by atoms with Gasteiger partial charge in [0.05, 0.1) is 17.0 Å². The van der Waals surface area contributed by atoms with E-state index < -0.39 is 27.5 Å². The SMILES string of the molecule is CC(C(=O)c1cccc(S(C)(=O)=O)c1)C(C#N)C#N. The van der Waals surface area contributed by atoms with Crippen LogP contribution in [-0.4, -0.2) is 20.5 Å². The smallest absolute Gasteiger partial charge is 0.175 e. The van der Waals surface area contributed by atoms with E-state index in [-0.39, 0.29) is 10.5 Å². The molecule has 6 heteroatoms. The van der Waals surface area contributed by atoms with Crippen LogP contribution in [0, 0.1) is 34.5 Å². The molecule has 0 saturated heterocycles. The van der Waals surface area contributed by atoms with Gasteiger partial charge in [-0.15, -0.1) is 0 Å². The minimum atomic E-state index is -3.40. The molecule has 0 heterocycles. The first-order valence-electron chi connectivity index (χ1n) is 5.45. The van der Waals surface area contributed by atoms with Gasteiger partial charge in [-0.1, -0.05) is 19.1 Å². The van der Waals surface area contributed by atoms with E-state index in [9.17, 15) is 13.2 Å². The third kappa shape index (κ3) is 3.40. The molecule has 19 heavy (non-hydrogen) atoms. The summed E-state index contributed by atoms with van der Waals surface area (Å²) in [6.07, 6.45) is 1.05. The van der Waals surface area contributed by atoms with Gasteiger partial charge in [-0.2, -0.15) is 10.5 Å². The lowest BCUT2D eigenvalue weighted by atomic mass is 9.89. The monoisotopic (exact) mass is 276 g/mol. The van der Waals surface area contributed by atoms with Crippen molar-refractivity contribution in [2.75, 3.05) is 6.26 Å². The molecule has 0 aliphatic carbocycles. The lowest BCUT2D eigenvalue weighted by Gasteiger charge is -2.11. The second kappa shape index (κ2) is 5.64. The molecule has 1 unspecified atom stereocenters. The van der Waals surface area contributed by atoms with Gasteiger partial charge in [0.25, 0.3) is 0 Å². The van der Waals surface area contributed by atoms with Crippen LogP contribution >= 0.6 is 0 Å². The highest BCUT2D eigenvalue weighted by Gasteiger charge is 2.25. The molecule has 0 N–H and O–H groups in total. The van der Waals surface area contributed by atoms with Crippen LogP contribution in [0.4, 0.5) is 0 Å². The topological polar surface area (TPSA) is 98.8 Å². The number of carbonyl (C=O) groups is 1. The predicted octanol–water partition coefficient (Wildman–Crippen LogP) is 1.57. The van der Waals surface area contributed by atoms with E-state index in [2.05, 4.69) is 0 Å². The zero-order chi connectivity index (χ0) is 14.6. The van der Waals surface area contributed by atoms with Crippen LogP contribution in [0.2, 0.25) is 0 Å². The Morgan fingerprint density at radius 3 is 2.32 bits per heavy atom. The number of rotatable bonds is 4. The minimum absolute atomic E-state index is 0.0380. The fourth-order valence-corrected chi connectivity index (χ4v) is 2.21. The predicted molar refractivity (Wildman–Crippen MR) is 67.8 cm³/mol. The summed E-state index contributed by atoms with van der Waals surface area (Å²) in [7, 11) is -3.40. The van der Waals surface area contributed by atoms with E-state index in [1.807, 2.05) is 0 Å². The minimum Gasteiger partial charge on any atom is -0.294 e. The number of hydrogen-bond donors (Lipinski definition) is 0. The molecule has 98 valence electrons. The number of carbonyl (C=O) groups excluding carboxylic acids is 1. The second-order valence-electron chi connectivity index (χ2n) is 4.19. The molecular formula is C13H12N2O3S. The van der Waals surface area contributed by atoms with Crippen LogP contribution in [0.5, 0.6) is 0 Å². The van der Waals surface area contributed by atoms with Crippen molar-refractivity contribution in [2.24, 2.45) is 11.8 Å². The lowest BCUT2D eigenvalue weighted by Crippen LogP contribution is -2.19. The molecule has 0 aromatic heterocycles. The number of Topliss-reactive ketones (excluding diaryl/α,β-unsaturated/α-hetero) is 1. The van der Waals surface area contributed by atoms with Crippen molar-refractivity contribution in [3.63, 3.8) is 0 Å². The highest BCUT2D eigenvalue weighted by molar-refractivity contribution is 7.90. The molecule has 1 aromatic carbocycles. The van der Waals surface area contributed by atoms with Crippen molar-refractivity contribution in [3.05, 3.63) is 29.8 Å². The van der Waals surface area contributed by atoms with E-state index in [1.54, 1.807) is 12.1 Å². The van der Waals surface area contributed by atoms with Crippen LogP contribution < -0.4 is 0 Å². The summed E-state index contributed by atoms with van der Waals surface area (Å²) < 4.78 is 22.8. The van der Waals surface area contributed by atoms with Gasteiger partial charge >= 0.3 is 0 Å². The normalized spacial score (nSPS) is 12.5. The maximum Gasteiger partial charge on any atom is 0.175 e. The van der Waals surface area contributed by atoms with Gasteiger partial charge < -0.3 is 0 Å². The third-order valence-electron chi connectivity index (χ3n) is 2.74. The Morgan fingerprint density at radius 2 is 1.84 bits per heavy atom. The first-order valence-corrected chi connectivity index (χ1v) is 7.34. The van der Waals surface area contributed by atoms with Gasteiger partial charge in [0.2, 0.25) is 0 Å². The van der Waals surface area contributed by atoms with E-state index in [0.717, 1.165) is 6.26 Å². The number of nitrogens with zero attached hydrogens (tertiary/aromatic N) is 2. The Labute approximate surface area is 112 Å². The summed E-state index contributed by atoms with van der Waals surface area (Å²) in [5.74, 6) is -2.27. The molecule has 0 aliphatic heterocycles. The van der Waals surface area contributed by atoms with Gasteiger partial charge in [0, 0.05) is 17.7 Å². The summed E-state index contributed by atoms with van der Waals surface area (Å²) >= 11 is 0. The molecule has 0 fully saturated rings. The molecular weight excluding hydrogens is 264 g/mol. The van der Waals surface area contributed by atoms with E-state index in [4.69, 9.17) is 10.5 Å². The second-order valence-corrected chi connectivity index (χ2v) is 6.20. The first-order chi connectivity index (χ1) is 8.81. The highest BCUT2D eigenvalue weighted by atomic mass is 32.2. The summed E-state index contributed by atoms with van der Waals surface area (Å²) in [5.41, 5.74) is 0.186. The van der Waals surface area contributed by atoms with E-state index in [1.165, 1.54) is 31.2 Å². The van der Waals surface area contributed by atoms with Crippen LogP contribution in [0.25, 0.3) is 0 Å². The maximum atomic E-state index is 12.1. The van der Waals surface area contributed by atoms with Crippen LogP contribution in [0.15, 0.2) is 29.2 Å². The van der Waals surface area contributed by atoms with Crippen molar-refractivity contribution < 1.29 is 13.2 Å². The maximum absolute atomic E-state index is 12.1. The quantitative estimate of drug-likeness (QED) is 0.777. The zero-order valence-electron chi connectivity index (χ0n) is 10.5. The molecule has 0 spiro atoms. The average Bonchev–Trinajstić information content (AvgIpc) is 2.38. The Hall–Kier alpha value is -2.18. The largest absolute Gasteiger partial charge is 0.294 e. The molecule has 1 atom stereocenters. The molecule has 1 rings (SSSR count). The van der Waals surface area contributed by atoms with Gasteiger partial charge in [-0.05, 0) is 12.1 Å². The van der Waals surface area contributed by atoms with Gasteiger partial charge in [0.15, 0.2) is 15.6 Å². The van der Waals surface area contributed by atoms with Crippen molar-refractivity contribution in [1.82, 2.24) is 0 Å². The Balaban J connectivity index is 3.16. The number of nitriles is 2. The van der Waals surface area contributed by atoms with Crippen LogP contribution in [-0.2, 0) is 9.84 Å². The zero-order valence-corrected chi connectivity index (χ0v) is 11.3. The number of hydrogen-bond acceptors (Lipinski definition) is 5. The van der Waals surface area contributed by atoms with E-state index in [0.29, 0.717) is 0 Å². The Kier molecular flexibility index (Phi) is 4.42. The van der Waals surface area contributed by atoms with Gasteiger partial charge in [0.1, 0.15) is 5.92 Å². The summed E-state index contributed by atoms with van der Waals surface area (Å²) in [6.45, 7) is 1.48. The molecule has 0 bridgehead atoms. The van der Waals surface area contributed by atoms with Crippen molar-refractivity contribution in [3.8, 4) is 12.1 Å². The summed E-state index contributed by atoms with van der Waals surface area (Å²) in [5, 5.41) is 17.5. The fourth-order valence-electron chi connectivity index (χ4n) is 1.55. The first kappa shape index (κ1) is 14.9. The highest BCUT2D eigenvalue weighted by Crippen LogP contribution is 2.19. The van der Waals surface area contributed by atoms with Gasteiger partial charge in [-0.25, -0.2) is 8.42 Å². The lowest BCUT2D eigenvalue weighted by molar-refractivity contribution is 0.0917. The number of sulfone groups is 1. The molecule has 1 aromatic rings. The third-order valence-corrected chi connectivity index (χ3v) is 3.85. The average molecular weight is 276 g/mol. The molecule has 0 radical (unpaired) electrons. The van der Waals surface area contributed by atoms with Crippen molar-refractivity contribution >= 4 is 15.6 Å². The Morgan fingerprint density at radius 1 is 1.26 bits per heavy atom. The molecule has 0 saturated carbocycles. The standard InChI is InChI=1S/C13H12N2O3S/c1-9(11(7-14)8-15)13(16)10-4-3-5-12(6-10)19(2,17)18/h3-6,9,11H,1-2H3. The summed E-state index contributed by atoms with van der Waals surface area (Å²) in [4.78, 5) is 12.1. The number of ketones is 1. The summed E-state index contributed by atoms with van der Waals surface area (Å²) in [6, 6.07) is 9.08. The van der Waals surface area contributed by atoms with Crippen LogP contribution in [0.1, 0.15) is 17.3 Å². The number of benzene rings is 1. The van der Waals surface area contributed by atoms with Crippen molar-refractivity contribution in [1.29, 1.82) is 10.5 Å². The van der Waals surface area contributed by atoms with Crippen LogP contribution in [0.3, 0.4) is 0 Å².